The van der Waals surface area contributed by atoms with Crippen LogP contribution in [0.15, 0.2) is 42.5 Å². The number of fused-ring (bicyclic) bond motifs is 1. The van der Waals surface area contributed by atoms with Crippen LogP contribution in [0.4, 0.5) is 14.5 Å². The minimum Gasteiger partial charge on any atom is -0.435 e. The summed E-state index contributed by atoms with van der Waals surface area (Å²) >= 11 is 0. The van der Waals surface area contributed by atoms with E-state index in [1.165, 1.54) is 12.1 Å². The predicted octanol–water partition coefficient (Wildman–Crippen LogP) is 3.56. The van der Waals surface area contributed by atoms with Crippen LogP contribution in [0.3, 0.4) is 0 Å². The van der Waals surface area contributed by atoms with Gasteiger partial charge in [-0.05, 0) is 54.3 Å². The van der Waals surface area contributed by atoms with E-state index in [0.717, 1.165) is 23.2 Å². The van der Waals surface area contributed by atoms with Gasteiger partial charge in [-0.15, -0.1) is 0 Å². The van der Waals surface area contributed by atoms with Gasteiger partial charge in [0.1, 0.15) is 5.75 Å². The highest BCUT2D eigenvalue weighted by atomic mass is 19.3. The fourth-order valence-electron chi connectivity index (χ4n) is 3.25. The van der Waals surface area contributed by atoms with Crippen molar-refractivity contribution in [2.24, 2.45) is 0 Å². The van der Waals surface area contributed by atoms with Crippen LogP contribution in [0.1, 0.15) is 34.8 Å². The van der Waals surface area contributed by atoms with Gasteiger partial charge in [-0.25, -0.2) is 0 Å². The van der Waals surface area contributed by atoms with Crippen LogP contribution < -0.4 is 15.0 Å². The average Bonchev–Trinajstić information content (AvgIpc) is 3.11. The lowest BCUT2D eigenvalue weighted by atomic mass is 10.1. The maximum atomic E-state index is 12.4. The minimum atomic E-state index is -2.84. The van der Waals surface area contributed by atoms with Gasteiger partial charge in [-0.2, -0.15) is 8.78 Å². The third kappa shape index (κ3) is 4.65. The first kappa shape index (κ1) is 19.8. The second-order valence-electron chi connectivity index (χ2n) is 6.52. The molecule has 2 aromatic carbocycles. The first-order chi connectivity index (χ1) is 13.5. The third-order valence-electron chi connectivity index (χ3n) is 4.69. The molecular formula is C21H22F2N2O3. The highest BCUT2D eigenvalue weighted by Crippen LogP contribution is 2.29. The number of hydrogen-bond acceptors (Lipinski definition) is 3. The van der Waals surface area contributed by atoms with E-state index in [1.807, 2.05) is 19.1 Å². The number of alkyl halides is 2. The number of benzene rings is 2. The van der Waals surface area contributed by atoms with Crippen molar-refractivity contribution in [1.29, 1.82) is 0 Å². The number of carbonyl (C=O) groups is 2. The van der Waals surface area contributed by atoms with Gasteiger partial charge in [0.05, 0.1) is 0 Å². The molecule has 7 heteroatoms. The summed E-state index contributed by atoms with van der Waals surface area (Å²) in [6.45, 7) is 0.0651. The molecule has 1 heterocycles. The number of nitrogens with zero attached hydrogens (tertiary/aromatic N) is 1. The molecule has 0 bridgehead atoms. The van der Waals surface area contributed by atoms with Crippen molar-refractivity contribution in [2.75, 3.05) is 18.0 Å². The summed E-state index contributed by atoms with van der Waals surface area (Å²) in [4.78, 5) is 26.1. The second kappa shape index (κ2) is 8.82. The Morgan fingerprint density at radius 1 is 1.18 bits per heavy atom. The lowest BCUT2D eigenvalue weighted by Gasteiger charge is -2.16. The quantitative estimate of drug-likeness (QED) is 0.789. The van der Waals surface area contributed by atoms with Gasteiger partial charge >= 0.3 is 6.61 Å². The van der Waals surface area contributed by atoms with Crippen molar-refractivity contribution in [3.63, 3.8) is 0 Å². The highest BCUT2D eigenvalue weighted by Gasteiger charge is 2.24. The number of carbonyl (C=O) groups excluding carboxylic acids is 2. The number of ether oxygens (including phenoxy) is 1. The second-order valence-corrected chi connectivity index (χ2v) is 6.52. The normalized spacial score (nSPS) is 12.8. The van der Waals surface area contributed by atoms with E-state index in [4.69, 9.17) is 0 Å². The van der Waals surface area contributed by atoms with Gasteiger partial charge in [0.2, 0.25) is 5.91 Å². The molecule has 1 N–H and O–H groups in total. The number of rotatable bonds is 7. The summed E-state index contributed by atoms with van der Waals surface area (Å²) in [7, 11) is 0. The maximum absolute atomic E-state index is 12.4. The van der Waals surface area contributed by atoms with Crippen molar-refractivity contribution >= 4 is 17.5 Å². The number of anilines is 1. The highest BCUT2D eigenvalue weighted by molar-refractivity contribution is 5.98. The average molecular weight is 388 g/mol. The zero-order valence-electron chi connectivity index (χ0n) is 15.6. The lowest BCUT2D eigenvalue weighted by molar-refractivity contribution is -0.118. The largest absolute Gasteiger partial charge is 0.435 e. The Hall–Kier alpha value is -2.96. The topological polar surface area (TPSA) is 58.6 Å². The van der Waals surface area contributed by atoms with E-state index in [0.29, 0.717) is 31.5 Å². The van der Waals surface area contributed by atoms with Crippen molar-refractivity contribution in [3.05, 3.63) is 59.2 Å². The molecule has 1 aliphatic rings. The standard InChI is InChI=1S/C21H22F2N2O3/c1-2-19(26)25-12-10-15-13-16(5-8-18(15)25)20(27)24-11-9-14-3-6-17(7-4-14)28-21(22)23/h3-8,13,21H,2,9-12H2,1H3,(H,24,27). The third-order valence-corrected chi connectivity index (χ3v) is 4.69. The Bertz CT molecular complexity index is 853. The summed E-state index contributed by atoms with van der Waals surface area (Å²) in [5, 5.41) is 2.86. The Kier molecular flexibility index (Phi) is 6.23. The molecule has 2 amide bonds. The van der Waals surface area contributed by atoms with Gasteiger partial charge in [0.15, 0.2) is 0 Å². The summed E-state index contributed by atoms with van der Waals surface area (Å²) in [5.74, 6) is 0.0122. The Morgan fingerprint density at radius 3 is 2.61 bits per heavy atom. The molecule has 0 saturated carbocycles. The van der Waals surface area contributed by atoms with Crippen LogP contribution >= 0.6 is 0 Å². The molecular weight excluding hydrogens is 366 g/mol. The van der Waals surface area contributed by atoms with E-state index in [2.05, 4.69) is 10.1 Å². The summed E-state index contributed by atoms with van der Waals surface area (Å²) in [6.07, 6.45) is 1.77. The summed E-state index contributed by atoms with van der Waals surface area (Å²) < 4.78 is 28.6. The summed E-state index contributed by atoms with van der Waals surface area (Å²) in [6, 6.07) is 11.7. The van der Waals surface area contributed by atoms with E-state index in [1.54, 1.807) is 23.1 Å². The van der Waals surface area contributed by atoms with Crippen LogP contribution in [0.2, 0.25) is 0 Å². The van der Waals surface area contributed by atoms with Crippen molar-refractivity contribution in [3.8, 4) is 5.75 Å². The number of hydrogen-bond donors (Lipinski definition) is 1. The molecule has 148 valence electrons. The molecule has 0 saturated heterocycles. The van der Waals surface area contributed by atoms with Crippen molar-refractivity contribution < 1.29 is 23.1 Å². The molecule has 0 aliphatic carbocycles. The molecule has 1 aliphatic heterocycles. The first-order valence-corrected chi connectivity index (χ1v) is 9.23. The molecule has 0 fully saturated rings. The van der Waals surface area contributed by atoms with Gasteiger partial charge in [0, 0.05) is 30.8 Å². The van der Waals surface area contributed by atoms with E-state index < -0.39 is 6.61 Å². The van der Waals surface area contributed by atoms with Crippen LogP contribution in [-0.2, 0) is 17.6 Å². The van der Waals surface area contributed by atoms with Crippen molar-refractivity contribution in [2.45, 2.75) is 32.8 Å². The van der Waals surface area contributed by atoms with E-state index in [9.17, 15) is 18.4 Å². The number of amides is 2. The fourth-order valence-corrected chi connectivity index (χ4v) is 3.25. The van der Waals surface area contributed by atoms with Gasteiger partial charge < -0.3 is 15.0 Å². The molecule has 0 unspecified atom stereocenters. The predicted molar refractivity (Wildman–Crippen MR) is 102 cm³/mol. The fraction of sp³-hybridized carbons (Fsp3) is 0.333. The number of nitrogens with one attached hydrogen (secondary N) is 1. The molecule has 5 nitrogen and oxygen atoms in total. The molecule has 0 spiro atoms. The smallest absolute Gasteiger partial charge is 0.387 e. The zero-order chi connectivity index (χ0) is 20.1. The lowest BCUT2D eigenvalue weighted by Crippen LogP contribution is -2.28. The van der Waals surface area contributed by atoms with Crippen LogP contribution in [0.25, 0.3) is 0 Å². The maximum Gasteiger partial charge on any atom is 0.387 e. The van der Waals surface area contributed by atoms with E-state index in [-0.39, 0.29) is 17.6 Å². The van der Waals surface area contributed by atoms with Gasteiger partial charge in [0.25, 0.3) is 5.91 Å². The monoisotopic (exact) mass is 388 g/mol. The molecule has 0 aromatic heterocycles. The molecule has 3 rings (SSSR count). The van der Waals surface area contributed by atoms with Crippen LogP contribution in [0.5, 0.6) is 5.75 Å². The SMILES string of the molecule is CCC(=O)N1CCc2cc(C(=O)NCCc3ccc(OC(F)F)cc3)ccc21. The number of halogens is 2. The Labute approximate surface area is 162 Å². The minimum absolute atomic E-state index is 0.0842. The Morgan fingerprint density at radius 2 is 1.93 bits per heavy atom. The van der Waals surface area contributed by atoms with Crippen molar-refractivity contribution in [1.82, 2.24) is 5.32 Å². The van der Waals surface area contributed by atoms with Crippen LogP contribution in [0, 0.1) is 0 Å². The zero-order valence-corrected chi connectivity index (χ0v) is 15.6. The van der Waals surface area contributed by atoms with Gasteiger partial charge in [-0.3, -0.25) is 9.59 Å². The molecule has 0 atom stereocenters. The summed E-state index contributed by atoms with van der Waals surface area (Å²) in [5.41, 5.74) is 3.35. The molecule has 0 radical (unpaired) electrons. The first-order valence-electron chi connectivity index (χ1n) is 9.23. The Balaban J connectivity index is 1.54. The van der Waals surface area contributed by atoms with E-state index >= 15 is 0 Å². The van der Waals surface area contributed by atoms with Crippen LogP contribution in [-0.4, -0.2) is 31.5 Å². The molecule has 28 heavy (non-hydrogen) atoms. The van der Waals surface area contributed by atoms with Gasteiger partial charge in [-0.1, -0.05) is 19.1 Å². The molecule has 2 aromatic rings.